The summed E-state index contributed by atoms with van der Waals surface area (Å²) in [7, 11) is 0. The van der Waals surface area contributed by atoms with Crippen LogP contribution in [0.5, 0.6) is 5.75 Å². The van der Waals surface area contributed by atoms with Gasteiger partial charge in [-0.15, -0.1) is 0 Å². The Balaban J connectivity index is 2.21. The molecule has 0 spiro atoms. The quantitative estimate of drug-likeness (QED) is 0.847. The van der Waals surface area contributed by atoms with Crippen LogP contribution in [0.25, 0.3) is 0 Å². The number of hydrogen-bond donors (Lipinski definition) is 1. The van der Waals surface area contributed by atoms with E-state index in [2.05, 4.69) is 6.92 Å². The minimum Gasteiger partial charge on any atom is -0.508 e. The minimum atomic E-state index is -0.489. The maximum Gasteiger partial charge on any atom is 0.410 e. The van der Waals surface area contributed by atoms with E-state index < -0.39 is 5.60 Å². The van der Waals surface area contributed by atoms with Crippen LogP contribution in [0.15, 0.2) is 24.3 Å². The molecule has 0 radical (unpaired) electrons. The van der Waals surface area contributed by atoms with Gasteiger partial charge in [0.1, 0.15) is 11.4 Å². The predicted molar refractivity (Wildman–Crippen MR) is 82.2 cm³/mol. The largest absolute Gasteiger partial charge is 0.508 e. The molecular formula is C17H25NO3. The molecule has 1 fully saturated rings. The molecule has 4 heteroatoms. The molecule has 1 heterocycles. The van der Waals surface area contributed by atoms with Gasteiger partial charge in [-0.05, 0) is 57.2 Å². The lowest BCUT2D eigenvalue weighted by Crippen LogP contribution is -2.44. The topological polar surface area (TPSA) is 49.8 Å². The van der Waals surface area contributed by atoms with Gasteiger partial charge in [-0.1, -0.05) is 19.1 Å². The third kappa shape index (κ3) is 4.13. The Morgan fingerprint density at radius 3 is 2.43 bits per heavy atom. The Bertz CT molecular complexity index is 490. The molecule has 1 aromatic carbocycles. The number of piperidine rings is 1. The third-order valence-corrected chi connectivity index (χ3v) is 3.72. The van der Waals surface area contributed by atoms with E-state index in [0.717, 1.165) is 18.4 Å². The van der Waals surface area contributed by atoms with Crippen molar-refractivity contribution in [2.45, 2.75) is 52.2 Å². The standard InChI is InChI=1S/C17H25NO3/c1-12-5-10-15(13-6-8-14(19)9-7-13)18(11-12)16(20)21-17(2,3)4/h6-9,12,15,19H,5,10-11H2,1-4H3/t12?,15-/m0/s1. The summed E-state index contributed by atoms with van der Waals surface area (Å²) in [5.41, 5.74) is 0.558. The summed E-state index contributed by atoms with van der Waals surface area (Å²) in [4.78, 5) is 14.3. The van der Waals surface area contributed by atoms with Gasteiger partial charge in [0.25, 0.3) is 0 Å². The van der Waals surface area contributed by atoms with Crippen LogP contribution in [-0.4, -0.2) is 28.2 Å². The van der Waals surface area contributed by atoms with Crippen molar-refractivity contribution < 1.29 is 14.6 Å². The van der Waals surface area contributed by atoms with Gasteiger partial charge < -0.3 is 14.7 Å². The number of carbonyl (C=O) groups is 1. The molecule has 1 unspecified atom stereocenters. The molecule has 0 saturated carbocycles. The molecule has 0 bridgehead atoms. The molecule has 0 aliphatic carbocycles. The fraction of sp³-hybridized carbons (Fsp3) is 0.588. The number of phenols is 1. The lowest BCUT2D eigenvalue weighted by atomic mass is 9.90. The zero-order valence-electron chi connectivity index (χ0n) is 13.3. The van der Waals surface area contributed by atoms with Gasteiger partial charge in [0, 0.05) is 6.54 Å². The first-order chi connectivity index (χ1) is 9.76. The molecule has 4 nitrogen and oxygen atoms in total. The predicted octanol–water partition coefficient (Wildman–Crippen LogP) is 4.10. The highest BCUT2D eigenvalue weighted by Crippen LogP contribution is 2.34. The minimum absolute atomic E-state index is 0.0247. The molecule has 2 rings (SSSR count). The first kappa shape index (κ1) is 15.7. The van der Waals surface area contributed by atoms with E-state index in [4.69, 9.17) is 4.74 Å². The third-order valence-electron chi connectivity index (χ3n) is 3.72. The Labute approximate surface area is 126 Å². The van der Waals surface area contributed by atoms with Crippen molar-refractivity contribution in [1.29, 1.82) is 0 Å². The van der Waals surface area contributed by atoms with E-state index in [0.29, 0.717) is 12.5 Å². The van der Waals surface area contributed by atoms with E-state index in [1.807, 2.05) is 37.8 Å². The molecule has 0 aromatic heterocycles. The van der Waals surface area contributed by atoms with Gasteiger partial charge in [-0.3, -0.25) is 0 Å². The summed E-state index contributed by atoms with van der Waals surface area (Å²) in [6.07, 6.45) is 1.75. The fourth-order valence-corrected chi connectivity index (χ4v) is 2.72. The van der Waals surface area contributed by atoms with Crippen LogP contribution < -0.4 is 0 Å². The first-order valence-corrected chi connectivity index (χ1v) is 7.55. The van der Waals surface area contributed by atoms with Crippen molar-refractivity contribution in [2.24, 2.45) is 5.92 Å². The van der Waals surface area contributed by atoms with E-state index in [-0.39, 0.29) is 17.9 Å². The second kappa shape index (κ2) is 5.96. The average molecular weight is 291 g/mol. The highest BCUT2D eigenvalue weighted by atomic mass is 16.6. The molecule has 1 N–H and O–H groups in total. The highest BCUT2D eigenvalue weighted by Gasteiger charge is 2.33. The van der Waals surface area contributed by atoms with E-state index >= 15 is 0 Å². The van der Waals surface area contributed by atoms with Gasteiger partial charge in [0.05, 0.1) is 6.04 Å². The van der Waals surface area contributed by atoms with Crippen LogP contribution in [-0.2, 0) is 4.74 Å². The van der Waals surface area contributed by atoms with Crippen molar-refractivity contribution in [2.75, 3.05) is 6.54 Å². The zero-order valence-corrected chi connectivity index (χ0v) is 13.3. The smallest absolute Gasteiger partial charge is 0.410 e. The Morgan fingerprint density at radius 1 is 1.24 bits per heavy atom. The number of amides is 1. The Hall–Kier alpha value is -1.71. The number of nitrogens with zero attached hydrogens (tertiary/aromatic N) is 1. The van der Waals surface area contributed by atoms with Gasteiger partial charge in [-0.25, -0.2) is 4.79 Å². The van der Waals surface area contributed by atoms with Crippen LogP contribution in [0.1, 0.15) is 52.1 Å². The van der Waals surface area contributed by atoms with Gasteiger partial charge in [0.15, 0.2) is 0 Å². The number of phenolic OH excluding ortho intramolecular Hbond substituents is 1. The van der Waals surface area contributed by atoms with Gasteiger partial charge in [0.2, 0.25) is 0 Å². The van der Waals surface area contributed by atoms with Crippen molar-refractivity contribution >= 4 is 6.09 Å². The lowest BCUT2D eigenvalue weighted by Gasteiger charge is -2.39. The molecule has 1 aromatic rings. The molecule has 21 heavy (non-hydrogen) atoms. The summed E-state index contributed by atoms with van der Waals surface area (Å²) in [6.45, 7) is 8.51. The summed E-state index contributed by atoms with van der Waals surface area (Å²) in [5, 5.41) is 9.42. The van der Waals surface area contributed by atoms with E-state index in [9.17, 15) is 9.90 Å². The lowest BCUT2D eigenvalue weighted by molar-refractivity contribution is 0.00364. The Kier molecular flexibility index (Phi) is 4.45. The molecule has 1 aliphatic rings. The van der Waals surface area contributed by atoms with Crippen molar-refractivity contribution in [1.82, 2.24) is 4.90 Å². The second-order valence-corrected chi connectivity index (χ2v) is 6.92. The monoisotopic (exact) mass is 291 g/mol. The molecule has 1 aliphatic heterocycles. The summed E-state index contributed by atoms with van der Waals surface area (Å²) >= 11 is 0. The number of aromatic hydroxyl groups is 1. The van der Waals surface area contributed by atoms with Crippen molar-refractivity contribution in [3.05, 3.63) is 29.8 Å². The maximum atomic E-state index is 12.5. The molecule has 1 saturated heterocycles. The summed E-state index contributed by atoms with van der Waals surface area (Å²) < 4.78 is 5.54. The summed E-state index contributed by atoms with van der Waals surface area (Å²) in [5.74, 6) is 0.720. The van der Waals surface area contributed by atoms with Crippen LogP contribution in [0, 0.1) is 5.92 Å². The number of likely N-dealkylation sites (tertiary alicyclic amines) is 1. The van der Waals surface area contributed by atoms with Gasteiger partial charge >= 0.3 is 6.09 Å². The number of carbonyl (C=O) groups excluding carboxylic acids is 1. The van der Waals surface area contributed by atoms with Crippen LogP contribution in [0.4, 0.5) is 4.79 Å². The highest BCUT2D eigenvalue weighted by molar-refractivity contribution is 5.69. The fourth-order valence-electron chi connectivity index (χ4n) is 2.72. The van der Waals surface area contributed by atoms with E-state index in [1.165, 1.54) is 0 Å². The molecular weight excluding hydrogens is 266 g/mol. The molecule has 116 valence electrons. The maximum absolute atomic E-state index is 12.5. The van der Waals surface area contributed by atoms with Crippen molar-refractivity contribution in [3.8, 4) is 5.75 Å². The van der Waals surface area contributed by atoms with Crippen molar-refractivity contribution in [3.63, 3.8) is 0 Å². The number of ether oxygens (including phenoxy) is 1. The normalized spacial score (nSPS) is 23.0. The second-order valence-electron chi connectivity index (χ2n) is 6.92. The van der Waals surface area contributed by atoms with Crippen LogP contribution >= 0.6 is 0 Å². The molecule has 2 atom stereocenters. The first-order valence-electron chi connectivity index (χ1n) is 7.55. The van der Waals surface area contributed by atoms with Gasteiger partial charge in [-0.2, -0.15) is 0 Å². The zero-order chi connectivity index (χ0) is 15.6. The molecule has 1 amide bonds. The van der Waals surface area contributed by atoms with Crippen LogP contribution in [0.3, 0.4) is 0 Å². The van der Waals surface area contributed by atoms with E-state index in [1.54, 1.807) is 12.1 Å². The number of benzene rings is 1. The Morgan fingerprint density at radius 2 is 1.86 bits per heavy atom. The SMILES string of the molecule is CC1CC[C@@H](c2ccc(O)cc2)N(C(=O)OC(C)(C)C)C1. The summed E-state index contributed by atoms with van der Waals surface area (Å²) in [6, 6.07) is 7.12. The number of rotatable bonds is 1. The average Bonchev–Trinajstić information content (AvgIpc) is 2.38. The number of hydrogen-bond acceptors (Lipinski definition) is 3. The van der Waals surface area contributed by atoms with Crippen LogP contribution in [0.2, 0.25) is 0 Å².